The third-order valence-electron chi connectivity index (χ3n) is 4.55. The first-order chi connectivity index (χ1) is 14.4. The summed E-state index contributed by atoms with van der Waals surface area (Å²) >= 11 is 0. The van der Waals surface area contributed by atoms with Crippen molar-refractivity contribution in [1.29, 1.82) is 0 Å². The molecule has 0 aliphatic rings. The smallest absolute Gasteiger partial charge is 0.135 e. The molecule has 0 bridgehead atoms. The molecule has 1 heterocycles. The number of hydrogen-bond acceptors (Lipinski definition) is 1. The lowest BCUT2D eigenvalue weighted by atomic mass is 10.1. The minimum Gasteiger partial charge on any atom is -0.456 e. The van der Waals surface area contributed by atoms with Crippen LogP contribution >= 0.6 is 0 Å². The fraction of sp³-hybridized carbons (Fsp3) is 0. The summed E-state index contributed by atoms with van der Waals surface area (Å²) in [5.41, 5.74) is 1.92. The van der Waals surface area contributed by atoms with E-state index in [4.69, 9.17) is 4.42 Å². The van der Waals surface area contributed by atoms with Crippen LogP contribution in [0.25, 0.3) is 32.7 Å². The van der Waals surface area contributed by atoms with Crippen molar-refractivity contribution in [3.63, 3.8) is 0 Å². The van der Waals surface area contributed by atoms with Gasteiger partial charge in [-0.1, -0.05) is 115 Å². The summed E-state index contributed by atoms with van der Waals surface area (Å²) in [7, 11) is 0. The van der Waals surface area contributed by atoms with Gasteiger partial charge in [0.25, 0.3) is 0 Å². The Balaban J connectivity index is 0.000000114. The van der Waals surface area contributed by atoms with Crippen molar-refractivity contribution in [2.45, 2.75) is 0 Å². The molecule has 1 nitrogen and oxygen atoms in total. The number of rotatable bonds is 0. The summed E-state index contributed by atoms with van der Waals surface area (Å²) in [6.07, 6.45) is 0. The Bertz CT molecular complexity index is 1160. The molecular weight excluding hydrogens is 352 g/mol. The van der Waals surface area contributed by atoms with E-state index in [0.717, 1.165) is 11.2 Å². The van der Waals surface area contributed by atoms with E-state index in [9.17, 15) is 0 Å². The topological polar surface area (TPSA) is 13.1 Å². The molecule has 0 saturated carbocycles. The standard InChI is InChI=1S/C12H8O.C10H8.C6H5/c1-3-7-11-9(5-1)10-6-2-4-8-12(10)13-11;1-2-6-10-8-4-3-7-9(10)5-1;1-2-4-6-5-3-1/h1-8H;1-8H;1-5H. The van der Waals surface area contributed by atoms with E-state index in [2.05, 4.69) is 66.7 Å². The third-order valence-corrected chi connectivity index (χ3v) is 4.55. The van der Waals surface area contributed by atoms with Gasteiger partial charge in [0.05, 0.1) is 0 Å². The largest absolute Gasteiger partial charge is 0.456 e. The molecule has 1 radical (unpaired) electrons. The first-order valence-electron chi connectivity index (χ1n) is 9.63. The zero-order valence-corrected chi connectivity index (χ0v) is 16.0. The highest BCUT2D eigenvalue weighted by Gasteiger charge is 2.03. The van der Waals surface area contributed by atoms with Crippen molar-refractivity contribution in [2.75, 3.05) is 0 Å². The minimum absolute atomic E-state index is 0.962. The van der Waals surface area contributed by atoms with Gasteiger partial charge in [-0.2, -0.15) is 0 Å². The summed E-state index contributed by atoms with van der Waals surface area (Å²) in [5, 5.41) is 5.01. The van der Waals surface area contributed by atoms with E-state index < -0.39 is 0 Å². The Kier molecular flexibility index (Phi) is 5.99. The van der Waals surface area contributed by atoms with Crippen molar-refractivity contribution in [3.05, 3.63) is 133 Å². The van der Waals surface area contributed by atoms with Crippen LogP contribution in [0.4, 0.5) is 0 Å². The minimum atomic E-state index is 0.962. The van der Waals surface area contributed by atoms with Crippen LogP contribution in [0.2, 0.25) is 0 Å². The van der Waals surface area contributed by atoms with Crippen LogP contribution < -0.4 is 0 Å². The van der Waals surface area contributed by atoms with Crippen LogP contribution in [0, 0.1) is 6.07 Å². The maximum atomic E-state index is 5.65. The Morgan fingerprint density at radius 2 is 0.828 bits per heavy atom. The Labute approximate surface area is 170 Å². The molecule has 6 rings (SSSR count). The number of hydrogen-bond donors (Lipinski definition) is 0. The van der Waals surface area contributed by atoms with Crippen LogP contribution in [-0.2, 0) is 0 Å². The van der Waals surface area contributed by atoms with E-state index in [1.54, 1.807) is 0 Å². The van der Waals surface area contributed by atoms with Crippen LogP contribution in [0.15, 0.2) is 132 Å². The predicted molar refractivity (Wildman–Crippen MR) is 123 cm³/mol. The first-order valence-corrected chi connectivity index (χ1v) is 9.63. The molecule has 0 spiro atoms. The summed E-state index contributed by atoms with van der Waals surface area (Å²) in [5.74, 6) is 0. The summed E-state index contributed by atoms with van der Waals surface area (Å²) in [6, 6.07) is 45.4. The van der Waals surface area contributed by atoms with Crippen LogP contribution in [0.1, 0.15) is 0 Å². The number of furan rings is 1. The summed E-state index contributed by atoms with van der Waals surface area (Å²) in [6.45, 7) is 0. The second-order valence-corrected chi connectivity index (χ2v) is 6.52. The highest BCUT2D eigenvalue weighted by Crippen LogP contribution is 2.27. The number of para-hydroxylation sites is 2. The van der Waals surface area contributed by atoms with E-state index in [1.807, 2.05) is 66.7 Å². The Morgan fingerprint density at radius 3 is 1.21 bits per heavy atom. The monoisotopic (exact) mass is 373 g/mol. The Morgan fingerprint density at radius 1 is 0.414 bits per heavy atom. The maximum Gasteiger partial charge on any atom is 0.135 e. The van der Waals surface area contributed by atoms with Crippen molar-refractivity contribution in [3.8, 4) is 0 Å². The van der Waals surface area contributed by atoms with Gasteiger partial charge in [-0.3, -0.25) is 0 Å². The Hall–Kier alpha value is -3.84. The van der Waals surface area contributed by atoms with E-state index in [0.29, 0.717) is 0 Å². The van der Waals surface area contributed by atoms with Crippen molar-refractivity contribution in [1.82, 2.24) is 0 Å². The van der Waals surface area contributed by atoms with Crippen molar-refractivity contribution < 1.29 is 4.42 Å². The van der Waals surface area contributed by atoms with Gasteiger partial charge in [0, 0.05) is 10.8 Å². The van der Waals surface area contributed by atoms with Crippen molar-refractivity contribution in [2.24, 2.45) is 0 Å². The number of benzene rings is 5. The molecule has 0 aliphatic heterocycles. The van der Waals surface area contributed by atoms with Crippen LogP contribution in [0.5, 0.6) is 0 Å². The molecule has 1 aromatic heterocycles. The highest BCUT2D eigenvalue weighted by atomic mass is 16.3. The maximum absolute atomic E-state index is 5.65. The van der Waals surface area contributed by atoms with Gasteiger partial charge in [0.2, 0.25) is 0 Å². The molecule has 0 N–H and O–H groups in total. The molecule has 0 unspecified atom stereocenters. The average molecular weight is 373 g/mol. The second-order valence-electron chi connectivity index (χ2n) is 6.52. The van der Waals surface area contributed by atoms with E-state index >= 15 is 0 Å². The molecule has 0 saturated heterocycles. The van der Waals surface area contributed by atoms with Gasteiger partial charge in [-0.25, -0.2) is 0 Å². The molecule has 29 heavy (non-hydrogen) atoms. The lowest BCUT2D eigenvalue weighted by molar-refractivity contribution is 0.669. The average Bonchev–Trinajstić information content (AvgIpc) is 3.20. The molecular formula is C28H21O. The molecule has 6 aromatic rings. The SMILES string of the molecule is [c]1ccccc1.c1ccc2c(c1)oc1ccccc12.c1ccc2ccccc2c1. The third kappa shape index (κ3) is 4.72. The van der Waals surface area contributed by atoms with Crippen LogP contribution in [0.3, 0.4) is 0 Å². The fourth-order valence-corrected chi connectivity index (χ4v) is 3.15. The molecule has 139 valence electrons. The molecule has 5 aromatic carbocycles. The fourth-order valence-electron chi connectivity index (χ4n) is 3.15. The lowest BCUT2D eigenvalue weighted by Crippen LogP contribution is -1.67. The zero-order chi connectivity index (χ0) is 19.7. The van der Waals surface area contributed by atoms with Gasteiger partial charge in [0.1, 0.15) is 11.2 Å². The summed E-state index contributed by atoms with van der Waals surface area (Å²) in [4.78, 5) is 0. The molecule has 0 aliphatic carbocycles. The molecule has 0 atom stereocenters. The van der Waals surface area contributed by atoms with Gasteiger partial charge < -0.3 is 4.42 Å². The number of fused-ring (bicyclic) bond motifs is 4. The van der Waals surface area contributed by atoms with Gasteiger partial charge >= 0.3 is 0 Å². The van der Waals surface area contributed by atoms with E-state index in [-0.39, 0.29) is 0 Å². The first kappa shape index (κ1) is 18.5. The molecule has 0 amide bonds. The van der Waals surface area contributed by atoms with E-state index in [1.165, 1.54) is 21.5 Å². The quantitative estimate of drug-likeness (QED) is 0.264. The predicted octanol–water partition coefficient (Wildman–Crippen LogP) is 7.91. The lowest BCUT2D eigenvalue weighted by Gasteiger charge is -1.92. The normalized spacial score (nSPS) is 10.1. The highest BCUT2D eigenvalue weighted by molar-refractivity contribution is 6.04. The van der Waals surface area contributed by atoms with Crippen molar-refractivity contribution >= 4 is 32.7 Å². The molecule has 1 heteroatoms. The van der Waals surface area contributed by atoms with Gasteiger partial charge in [-0.15, -0.1) is 0 Å². The van der Waals surface area contributed by atoms with Crippen LogP contribution in [-0.4, -0.2) is 0 Å². The zero-order valence-electron chi connectivity index (χ0n) is 16.0. The molecule has 0 fully saturated rings. The van der Waals surface area contributed by atoms with Gasteiger partial charge in [0.15, 0.2) is 0 Å². The van der Waals surface area contributed by atoms with Gasteiger partial charge in [-0.05, 0) is 29.0 Å². The summed E-state index contributed by atoms with van der Waals surface area (Å²) < 4.78 is 5.65. The second kappa shape index (κ2) is 9.38.